The predicted octanol–water partition coefficient (Wildman–Crippen LogP) is 3.74. The number of carbonyl (C=O) groups excluding carboxylic acids is 1. The number of amides is 1. The van der Waals surface area contributed by atoms with Crippen molar-refractivity contribution in [2.24, 2.45) is 5.92 Å². The van der Waals surface area contributed by atoms with Crippen molar-refractivity contribution < 1.29 is 4.79 Å². The molecule has 18 heavy (non-hydrogen) atoms. The Balaban J connectivity index is 2.08. The molecule has 0 aromatic heterocycles. The lowest BCUT2D eigenvalue weighted by atomic mass is 10.1. The molecule has 4 heteroatoms. The van der Waals surface area contributed by atoms with Gasteiger partial charge in [-0.3, -0.25) is 4.79 Å². The average Bonchev–Trinajstić information content (AvgIpc) is 2.76. The molecule has 1 heterocycles. The van der Waals surface area contributed by atoms with Crippen LogP contribution in [0.25, 0.3) is 0 Å². The third kappa shape index (κ3) is 3.18. The molecule has 1 fully saturated rings. The fourth-order valence-electron chi connectivity index (χ4n) is 2.45. The maximum Gasteiger partial charge on any atom is 0.253 e. The Hall–Kier alpha value is -0.730. The van der Waals surface area contributed by atoms with Crippen LogP contribution in [0, 0.1) is 12.8 Å². The van der Waals surface area contributed by atoms with Gasteiger partial charge in [-0.1, -0.05) is 11.6 Å². The quantitative estimate of drug-likeness (QED) is 0.775. The lowest BCUT2D eigenvalue weighted by Gasteiger charge is -2.17. The number of halogens is 2. The summed E-state index contributed by atoms with van der Waals surface area (Å²) in [5.74, 6) is 1.30. The van der Waals surface area contributed by atoms with E-state index >= 15 is 0 Å². The number of rotatable bonds is 3. The summed E-state index contributed by atoms with van der Waals surface area (Å²) < 4.78 is 0. The summed E-state index contributed by atoms with van der Waals surface area (Å²) in [5, 5.41) is 0.620. The SMILES string of the molecule is Cc1cc(Cl)cc(C(=O)N2CCC(CCCl)C2)c1. The number of nitrogens with zero attached hydrogens (tertiary/aromatic N) is 1. The standard InChI is InChI=1S/C14H17Cl2NO/c1-10-6-12(8-13(16)7-10)14(18)17-5-3-11(9-17)2-4-15/h6-8,11H,2-5,9H2,1H3. The van der Waals surface area contributed by atoms with E-state index in [2.05, 4.69) is 0 Å². The zero-order valence-corrected chi connectivity index (χ0v) is 12.0. The minimum Gasteiger partial charge on any atom is -0.338 e. The molecule has 0 aliphatic carbocycles. The number of aryl methyl sites for hydroxylation is 1. The second-order valence-corrected chi connectivity index (χ2v) is 5.72. The molecule has 1 aromatic carbocycles. The number of hydrogen-bond acceptors (Lipinski definition) is 1. The van der Waals surface area contributed by atoms with Crippen LogP contribution in [0.5, 0.6) is 0 Å². The Labute approximate surface area is 118 Å². The second kappa shape index (κ2) is 5.94. The molecule has 1 amide bonds. The van der Waals surface area contributed by atoms with Crippen LogP contribution < -0.4 is 0 Å². The van der Waals surface area contributed by atoms with E-state index in [9.17, 15) is 4.79 Å². The van der Waals surface area contributed by atoms with E-state index in [-0.39, 0.29) is 5.91 Å². The van der Waals surface area contributed by atoms with E-state index in [0.29, 0.717) is 22.4 Å². The van der Waals surface area contributed by atoms with E-state index in [1.807, 2.05) is 24.0 Å². The molecule has 1 saturated heterocycles. The fraction of sp³-hybridized carbons (Fsp3) is 0.500. The van der Waals surface area contributed by atoms with Crippen molar-refractivity contribution in [1.82, 2.24) is 4.90 Å². The lowest BCUT2D eigenvalue weighted by Crippen LogP contribution is -2.28. The first-order chi connectivity index (χ1) is 8.60. The molecule has 0 saturated carbocycles. The topological polar surface area (TPSA) is 20.3 Å². The van der Waals surface area contributed by atoms with Gasteiger partial charge < -0.3 is 4.90 Å². The highest BCUT2D eigenvalue weighted by molar-refractivity contribution is 6.31. The van der Waals surface area contributed by atoms with E-state index < -0.39 is 0 Å². The van der Waals surface area contributed by atoms with Crippen LogP contribution in [-0.4, -0.2) is 29.8 Å². The molecule has 0 spiro atoms. The van der Waals surface area contributed by atoms with Crippen molar-refractivity contribution in [2.75, 3.05) is 19.0 Å². The normalized spacial score (nSPS) is 19.3. The van der Waals surface area contributed by atoms with Gasteiger partial charge in [-0.25, -0.2) is 0 Å². The molecule has 2 rings (SSSR count). The molecule has 0 bridgehead atoms. The highest BCUT2D eigenvalue weighted by atomic mass is 35.5. The molecule has 98 valence electrons. The molecule has 0 N–H and O–H groups in total. The van der Waals surface area contributed by atoms with Gasteiger partial charge in [0.25, 0.3) is 5.91 Å². The van der Waals surface area contributed by atoms with Crippen molar-refractivity contribution in [3.05, 3.63) is 34.3 Å². The second-order valence-electron chi connectivity index (χ2n) is 4.90. The van der Waals surface area contributed by atoms with Crippen LogP contribution in [0.15, 0.2) is 18.2 Å². The summed E-state index contributed by atoms with van der Waals surface area (Å²) in [6.45, 7) is 3.59. The first kappa shape index (κ1) is 13.7. The molecular weight excluding hydrogens is 269 g/mol. The van der Waals surface area contributed by atoms with Crippen LogP contribution >= 0.6 is 23.2 Å². The van der Waals surface area contributed by atoms with E-state index in [1.165, 1.54) is 0 Å². The summed E-state index contributed by atoms with van der Waals surface area (Å²) in [5.41, 5.74) is 1.70. The fourth-order valence-corrected chi connectivity index (χ4v) is 3.05. The molecule has 2 nitrogen and oxygen atoms in total. The predicted molar refractivity (Wildman–Crippen MR) is 75.5 cm³/mol. The first-order valence-electron chi connectivity index (χ1n) is 6.22. The van der Waals surface area contributed by atoms with Gasteiger partial charge in [-0.15, -0.1) is 11.6 Å². The van der Waals surface area contributed by atoms with Crippen molar-refractivity contribution in [3.8, 4) is 0 Å². The molecular formula is C14H17Cl2NO. The highest BCUT2D eigenvalue weighted by Crippen LogP contribution is 2.23. The van der Waals surface area contributed by atoms with Crippen LogP contribution in [0.3, 0.4) is 0 Å². The van der Waals surface area contributed by atoms with E-state index in [0.717, 1.165) is 31.5 Å². The van der Waals surface area contributed by atoms with Crippen LogP contribution in [0.4, 0.5) is 0 Å². The summed E-state index contributed by atoms with van der Waals surface area (Å²) in [4.78, 5) is 14.2. The third-order valence-corrected chi connectivity index (χ3v) is 3.82. The maximum absolute atomic E-state index is 12.3. The number of hydrogen-bond donors (Lipinski definition) is 0. The highest BCUT2D eigenvalue weighted by Gasteiger charge is 2.26. The Bertz CT molecular complexity index is 427. The van der Waals surface area contributed by atoms with Crippen molar-refractivity contribution in [2.45, 2.75) is 19.8 Å². The lowest BCUT2D eigenvalue weighted by molar-refractivity contribution is 0.0787. The van der Waals surface area contributed by atoms with Crippen LogP contribution in [0.1, 0.15) is 28.8 Å². The van der Waals surface area contributed by atoms with Crippen LogP contribution in [-0.2, 0) is 0 Å². The smallest absolute Gasteiger partial charge is 0.253 e. The van der Waals surface area contributed by atoms with E-state index in [4.69, 9.17) is 23.2 Å². The largest absolute Gasteiger partial charge is 0.338 e. The average molecular weight is 286 g/mol. The number of benzene rings is 1. The molecule has 1 unspecified atom stereocenters. The number of carbonyl (C=O) groups is 1. The van der Waals surface area contributed by atoms with Crippen molar-refractivity contribution >= 4 is 29.1 Å². The Morgan fingerprint density at radius 1 is 1.44 bits per heavy atom. The van der Waals surface area contributed by atoms with Gasteiger partial charge in [-0.05, 0) is 49.4 Å². The summed E-state index contributed by atoms with van der Waals surface area (Å²) in [6, 6.07) is 5.49. The van der Waals surface area contributed by atoms with Gasteiger partial charge in [0.05, 0.1) is 0 Å². The number of likely N-dealkylation sites (tertiary alicyclic amines) is 1. The minimum absolute atomic E-state index is 0.0812. The van der Waals surface area contributed by atoms with Gasteiger partial charge in [-0.2, -0.15) is 0 Å². The monoisotopic (exact) mass is 285 g/mol. The number of alkyl halides is 1. The van der Waals surface area contributed by atoms with Gasteiger partial charge >= 0.3 is 0 Å². The summed E-state index contributed by atoms with van der Waals surface area (Å²) in [6.07, 6.45) is 2.04. The van der Waals surface area contributed by atoms with Gasteiger partial charge in [0.1, 0.15) is 0 Å². The summed E-state index contributed by atoms with van der Waals surface area (Å²) >= 11 is 11.7. The molecule has 0 radical (unpaired) electrons. The zero-order chi connectivity index (χ0) is 13.1. The molecule has 1 aromatic rings. The van der Waals surface area contributed by atoms with Crippen LogP contribution in [0.2, 0.25) is 5.02 Å². The van der Waals surface area contributed by atoms with Crippen molar-refractivity contribution in [3.63, 3.8) is 0 Å². The Morgan fingerprint density at radius 3 is 2.89 bits per heavy atom. The third-order valence-electron chi connectivity index (χ3n) is 3.38. The molecule has 1 aliphatic heterocycles. The van der Waals surface area contributed by atoms with Gasteiger partial charge in [0.2, 0.25) is 0 Å². The Kier molecular flexibility index (Phi) is 4.52. The van der Waals surface area contributed by atoms with Crippen molar-refractivity contribution in [1.29, 1.82) is 0 Å². The van der Waals surface area contributed by atoms with E-state index in [1.54, 1.807) is 6.07 Å². The van der Waals surface area contributed by atoms with Gasteiger partial charge in [0, 0.05) is 29.6 Å². The molecule has 1 aliphatic rings. The Morgan fingerprint density at radius 2 is 2.22 bits per heavy atom. The zero-order valence-electron chi connectivity index (χ0n) is 10.5. The maximum atomic E-state index is 12.3. The summed E-state index contributed by atoms with van der Waals surface area (Å²) in [7, 11) is 0. The molecule has 1 atom stereocenters. The first-order valence-corrected chi connectivity index (χ1v) is 7.14. The minimum atomic E-state index is 0.0812. The van der Waals surface area contributed by atoms with Gasteiger partial charge in [0.15, 0.2) is 0 Å².